The summed E-state index contributed by atoms with van der Waals surface area (Å²) in [7, 11) is 0. The number of nitrogens with zero attached hydrogens (tertiary/aromatic N) is 1. The average Bonchev–Trinajstić information content (AvgIpc) is 2.45. The molecule has 1 N–H and O–H groups in total. The third-order valence-corrected chi connectivity index (χ3v) is 4.22. The number of rotatable bonds is 4. The van der Waals surface area contributed by atoms with E-state index in [1.54, 1.807) is 0 Å². The first-order valence-corrected chi connectivity index (χ1v) is 7.32. The number of hydrogen-bond acceptors (Lipinski definition) is 2. The van der Waals surface area contributed by atoms with Gasteiger partial charge in [0.2, 0.25) is 5.91 Å². The summed E-state index contributed by atoms with van der Waals surface area (Å²) >= 11 is 0. The minimum absolute atomic E-state index is 0.156. The topological polar surface area (TPSA) is 57.6 Å². The summed E-state index contributed by atoms with van der Waals surface area (Å²) in [5.74, 6) is 0.0707. The lowest BCUT2D eigenvalue weighted by Gasteiger charge is -2.35. The van der Waals surface area contributed by atoms with E-state index in [0.29, 0.717) is 12.3 Å². The van der Waals surface area contributed by atoms with Crippen LogP contribution in [0.25, 0.3) is 0 Å². The van der Waals surface area contributed by atoms with Gasteiger partial charge in [-0.05, 0) is 44.4 Å². The number of allylic oxidation sites excluding steroid dienone is 2. The second kappa shape index (κ2) is 6.73. The van der Waals surface area contributed by atoms with Gasteiger partial charge in [0.25, 0.3) is 0 Å². The molecule has 1 amide bonds. The molecule has 0 aromatic rings. The van der Waals surface area contributed by atoms with E-state index in [0.717, 1.165) is 45.2 Å². The van der Waals surface area contributed by atoms with E-state index in [1.807, 2.05) is 4.90 Å². The zero-order valence-corrected chi connectivity index (χ0v) is 11.4. The van der Waals surface area contributed by atoms with Gasteiger partial charge in [0.05, 0.1) is 0 Å². The van der Waals surface area contributed by atoms with E-state index in [2.05, 4.69) is 12.2 Å². The van der Waals surface area contributed by atoms with Crippen molar-refractivity contribution in [2.75, 3.05) is 13.1 Å². The minimum atomic E-state index is -0.735. The molecule has 0 aromatic heterocycles. The molecule has 0 spiro atoms. The number of carbonyl (C=O) groups excluding carboxylic acids is 1. The van der Waals surface area contributed by atoms with Crippen LogP contribution in [0.2, 0.25) is 0 Å². The van der Waals surface area contributed by atoms with Crippen molar-refractivity contribution in [1.82, 2.24) is 4.90 Å². The zero-order valence-electron chi connectivity index (χ0n) is 11.4. The van der Waals surface area contributed by atoms with Crippen LogP contribution in [0, 0.1) is 11.8 Å². The standard InChI is InChI=1S/C15H23NO3/c17-14(18)9-8-12-5-4-10-16(11-12)15(19)13-6-2-1-3-7-13/h1-2,12-13H,3-11H2,(H,17,18)/t12-,13-/m0/s1. The monoisotopic (exact) mass is 265 g/mol. The fraction of sp³-hybridized carbons (Fsp3) is 0.733. The lowest BCUT2D eigenvalue weighted by Crippen LogP contribution is -2.43. The number of carboxylic acids is 1. The van der Waals surface area contributed by atoms with E-state index < -0.39 is 5.97 Å². The maximum absolute atomic E-state index is 12.4. The third-order valence-electron chi connectivity index (χ3n) is 4.22. The van der Waals surface area contributed by atoms with Crippen molar-refractivity contribution in [3.63, 3.8) is 0 Å². The van der Waals surface area contributed by atoms with Gasteiger partial charge in [-0.3, -0.25) is 9.59 Å². The van der Waals surface area contributed by atoms with Gasteiger partial charge in [0, 0.05) is 25.4 Å². The van der Waals surface area contributed by atoms with Gasteiger partial charge < -0.3 is 10.0 Å². The Morgan fingerprint density at radius 1 is 1.26 bits per heavy atom. The Hall–Kier alpha value is -1.32. The summed E-state index contributed by atoms with van der Waals surface area (Å²) in [5, 5.41) is 8.73. The molecule has 106 valence electrons. The Bertz CT molecular complexity index is 364. The van der Waals surface area contributed by atoms with Crippen molar-refractivity contribution >= 4 is 11.9 Å². The summed E-state index contributed by atoms with van der Waals surface area (Å²) in [4.78, 5) is 25.0. The van der Waals surface area contributed by atoms with E-state index in [4.69, 9.17) is 5.11 Å². The van der Waals surface area contributed by atoms with Crippen molar-refractivity contribution in [1.29, 1.82) is 0 Å². The van der Waals surface area contributed by atoms with Crippen LogP contribution >= 0.6 is 0 Å². The largest absolute Gasteiger partial charge is 0.481 e. The number of piperidine rings is 1. The summed E-state index contributed by atoms with van der Waals surface area (Å²) in [6.07, 6.45) is 10.1. The molecule has 0 radical (unpaired) electrons. The molecule has 4 heteroatoms. The van der Waals surface area contributed by atoms with Crippen LogP contribution in [0.1, 0.15) is 44.9 Å². The number of hydrogen-bond donors (Lipinski definition) is 1. The van der Waals surface area contributed by atoms with E-state index >= 15 is 0 Å². The predicted molar refractivity (Wildman–Crippen MR) is 72.7 cm³/mol. The molecule has 1 aliphatic heterocycles. The number of aliphatic carboxylic acids is 1. The van der Waals surface area contributed by atoms with Crippen molar-refractivity contribution in [3.8, 4) is 0 Å². The molecular formula is C15H23NO3. The van der Waals surface area contributed by atoms with E-state index in [-0.39, 0.29) is 18.2 Å². The highest BCUT2D eigenvalue weighted by Crippen LogP contribution is 2.26. The Morgan fingerprint density at radius 2 is 2.11 bits per heavy atom. The molecule has 2 rings (SSSR count). The van der Waals surface area contributed by atoms with Gasteiger partial charge in [-0.2, -0.15) is 0 Å². The summed E-state index contributed by atoms with van der Waals surface area (Å²) in [5.41, 5.74) is 0. The van der Waals surface area contributed by atoms with E-state index in [1.165, 1.54) is 0 Å². The molecular weight excluding hydrogens is 242 g/mol. The van der Waals surface area contributed by atoms with Crippen LogP contribution in [-0.2, 0) is 9.59 Å². The highest BCUT2D eigenvalue weighted by atomic mass is 16.4. The number of carboxylic acid groups (broad SMARTS) is 1. The van der Waals surface area contributed by atoms with Crippen molar-refractivity contribution in [2.45, 2.75) is 44.9 Å². The smallest absolute Gasteiger partial charge is 0.303 e. The van der Waals surface area contributed by atoms with Gasteiger partial charge >= 0.3 is 5.97 Å². The van der Waals surface area contributed by atoms with Crippen LogP contribution in [0.5, 0.6) is 0 Å². The SMILES string of the molecule is O=C(O)CC[C@@H]1CCCN(C(=O)[C@H]2CC=CCC2)C1. The van der Waals surface area contributed by atoms with Crippen LogP contribution in [0.15, 0.2) is 12.2 Å². The van der Waals surface area contributed by atoms with Crippen LogP contribution in [0.4, 0.5) is 0 Å². The maximum Gasteiger partial charge on any atom is 0.303 e. The molecule has 1 saturated heterocycles. The molecule has 2 atom stereocenters. The lowest BCUT2D eigenvalue weighted by molar-refractivity contribution is -0.138. The van der Waals surface area contributed by atoms with E-state index in [9.17, 15) is 9.59 Å². The molecule has 1 heterocycles. The number of carbonyl (C=O) groups is 2. The first kappa shape index (κ1) is 14.1. The Kier molecular flexibility index (Phi) is 5.00. The molecule has 1 fully saturated rings. The molecule has 0 bridgehead atoms. The minimum Gasteiger partial charge on any atom is -0.481 e. The third kappa shape index (κ3) is 4.08. The zero-order chi connectivity index (χ0) is 13.7. The molecule has 19 heavy (non-hydrogen) atoms. The van der Waals surface area contributed by atoms with Crippen molar-refractivity contribution < 1.29 is 14.7 Å². The summed E-state index contributed by atoms with van der Waals surface area (Å²) in [6, 6.07) is 0. The predicted octanol–water partition coefficient (Wildman–Crippen LogP) is 2.45. The van der Waals surface area contributed by atoms with Crippen LogP contribution in [-0.4, -0.2) is 35.0 Å². The molecule has 0 aromatic carbocycles. The van der Waals surface area contributed by atoms with Gasteiger partial charge in [-0.1, -0.05) is 12.2 Å². The Labute approximate surface area is 114 Å². The molecule has 0 saturated carbocycles. The quantitative estimate of drug-likeness (QED) is 0.794. The van der Waals surface area contributed by atoms with Gasteiger partial charge in [0.1, 0.15) is 0 Å². The van der Waals surface area contributed by atoms with Crippen molar-refractivity contribution in [2.24, 2.45) is 11.8 Å². The first-order valence-electron chi connectivity index (χ1n) is 7.32. The van der Waals surface area contributed by atoms with Gasteiger partial charge in [-0.15, -0.1) is 0 Å². The van der Waals surface area contributed by atoms with Crippen molar-refractivity contribution in [3.05, 3.63) is 12.2 Å². The van der Waals surface area contributed by atoms with Crippen LogP contribution < -0.4 is 0 Å². The first-order chi connectivity index (χ1) is 9.16. The normalized spacial score (nSPS) is 27.3. The second-order valence-corrected chi connectivity index (χ2v) is 5.71. The lowest BCUT2D eigenvalue weighted by atomic mass is 9.89. The highest BCUT2D eigenvalue weighted by molar-refractivity contribution is 5.79. The Balaban J connectivity index is 1.84. The average molecular weight is 265 g/mol. The molecule has 0 unspecified atom stereocenters. The fourth-order valence-electron chi connectivity index (χ4n) is 3.10. The summed E-state index contributed by atoms with van der Waals surface area (Å²) < 4.78 is 0. The van der Waals surface area contributed by atoms with Crippen LogP contribution in [0.3, 0.4) is 0 Å². The summed E-state index contributed by atoms with van der Waals surface area (Å²) in [6.45, 7) is 1.61. The molecule has 2 aliphatic rings. The number of likely N-dealkylation sites (tertiary alicyclic amines) is 1. The van der Waals surface area contributed by atoms with Gasteiger partial charge in [-0.25, -0.2) is 0 Å². The maximum atomic E-state index is 12.4. The number of amides is 1. The van der Waals surface area contributed by atoms with Gasteiger partial charge in [0.15, 0.2) is 0 Å². The highest BCUT2D eigenvalue weighted by Gasteiger charge is 2.28. The fourth-order valence-corrected chi connectivity index (χ4v) is 3.10. The molecule has 4 nitrogen and oxygen atoms in total. The molecule has 1 aliphatic carbocycles. The Morgan fingerprint density at radius 3 is 2.79 bits per heavy atom. The second-order valence-electron chi connectivity index (χ2n) is 5.71.